The number of nitrogens with one attached hydrogen (secondary N) is 1. The van der Waals surface area contributed by atoms with Crippen LogP contribution in [0.5, 0.6) is 0 Å². The Morgan fingerprint density at radius 1 is 1.19 bits per heavy atom. The maximum Gasteiger partial charge on any atom is 0.126 e. The van der Waals surface area contributed by atoms with Gasteiger partial charge in [0.1, 0.15) is 5.82 Å². The predicted molar refractivity (Wildman–Crippen MR) is 66.7 cm³/mol. The molecule has 1 fully saturated rings. The molecule has 86 valence electrons. The quantitative estimate of drug-likeness (QED) is 0.821. The van der Waals surface area contributed by atoms with Gasteiger partial charge < -0.3 is 5.32 Å². The van der Waals surface area contributed by atoms with Gasteiger partial charge in [-0.2, -0.15) is 0 Å². The zero-order chi connectivity index (χ0) is 11.0. The van der Waals surface area contributed by atoms with Crippen molar-refractivity contribution in [3.8, 4) is 0 Å². The van der Waals surface area contributed by atoms with Crippen LogP contribution in [0.3, 0.4) is 0 Å². The molecular weight excluding hydrogens is 196 g/mol. The molecule has 0 aliphatic heterocycles. The van der Waals surface area contributed by atoms with Gasteiger partial charge in [0.25, 0.3) is 0 Å². The summed E-state index contributed by atoms with van der Waals surface area (Å²) in [5.41, 5.74) is 2.79. The van der Waals surface area contributed by atoms with Crippen molar-refractivity contribution in [1.29, 1.82) is 0 Å². The van der Waals surface area contributed by atoms with Gasteiger partial charge >= 0.3 is 0 Å². The molecule has 2 heteroatoms. The Labute approximate surface area is 97.5 Å². The Balaban J connectivity index is 1.75. The molecule has 2 nitrogen and oxygen atoms in total. The van der Waals surface area contributed by atoms with E-state index in [-0.39, 0.29) is 0 Å². The number of hydrogen-bond donors (Lipinski definition) is 1. The highest BCUT2D eigenvalue weighted by Gasteiger charge is 2.23. The molecule has 2 aliphatic carbocycles. The van der Waals surface area contributed by atoms with E-state index >= 15 is 0 Å². The van der Waals surface area contributed by atoms with Gasteiger partial charge in [-0.25, -0.2) is 4.98 Å². The van der Waals surface area contributed by atoms with Crippen LogP contribution in [0.1, 0.15) is 43.9 Å². The molecule has 0 bridgehead atoms. The van der Waals surface area contributed by atoms with Crippen molar-refractivity contribution in [3.63, 3.8) is 0 Å². The van der Waals surface area contributed by atoms with E-state index in [0.29, 0.717) is 6.04 Å². The molecule has 1 aromatic heterocycles. The van der Waals surface area contributed by atoms with Crippen molar-refractivity contribution in [1.82, 2.24) is 4.98 Å². The molecule has 0 saturated heterocycles. The number of anilines is 1. The van der Waals surface area contributed by atoms with Gasteiger partial charge in [0.15, 0.2) is 0 Å². The number of fused-ring (bicyclic) bond motifs is 1. The second-order valence-electron chi connectivity index (χ2n) is 5.31. The molecule has 1 N–H and O–H groups in total. The topological polar surface area (TPSA) is 24.9 Å². The highest BCUT2D eigenvalue weighted by Crippen LogP contribution is 2.28. The van der Waals surface area contributed by atoms with E-state index in [1.165, 1.54) is 49.8 Å². The monoisotopic (exact) mass is 216 g/mol. The first-order valence-electron chi connectivity index (χ1n) is 6.58. The molecule has 0 amide bonds. The predicted octanol–water partition coefficient (Wildman–Crippen LogP) is 3.17. The molecule has 2 unspecified atom stereocenters. The third kappa shape index (κ3) is 1.81. The minimum atomic E-state index is 0.645. The molecule has 2 aliphatic rings. The van der Waals surface area contributed by atoms with Crippen LogP contribution < -0.4 is 5.32 Å². The third-order valence-electron chi connectivity index (χ3n) is 4.12. The molecule has 0 radical (unpaired) electrons. The summed E-state index contributed by atoms with van der Waals surface area (Å²) in [6.45, 7) is 2.35. The molecule has 0 aromatic carbocycles. The summed E-state index contributed by atoms with van der Waals surface area (Å²) in [4.78, 5) is 4.74. The van der Waals surface area contributed by atoms with E-state index in [1.54, 1.807) is 0 Å². The summed E-state index contributed by atoms with van der Waals surface area (Å²) in [5, 5.41) is 3.61. The van der Waals surface area contributed by atoms with Crippen molar-refractivity contribution in [2.24, 2.45) is 5.92 Å². The molecule has 1 heterocycles. The van der Waals surface area contributed by atoms with E-state index in [0.717, 1.165) is 11.7 Å². The first-order chi connectivity index (χ1) is 7.83. The van der Waals surface area contributed by atoms with Crippen LogP contribution >= 0.6 is 0 Å². The van der Waals surface area contributed by atoms with E-state index in [9.17, 15) is 0 Å². The Bertz CT molecular complexity index is 386. The van der Waals surface area contributed by atoms with E-state index in [4.69, 9.17) is 4.98 Å². The number of hydrogen-bond acceptors (Lipinski definition) is 2. The molecule has 1 aromatic rings. The lowest BCUT2D eigenvalue weighted by molar-refractivity contribution is 0.554. The molecular formula is C14H20N2. The number of aromatic nitrogens is 1. The minimum Gasteiger partial charge on any atom is -0.367 e. The number of nitrogens with zero attached hydrogens (tertiary/aromatic N) is 1. The van der Waals surface area contributed by atoms with E-state index in [2.05, 4.69) is 24.4 Å². The fourth-order valence-corrected chi connectivity index (χ4v) is 3.05. The average Bonchev–Trinajstić information content (AvgIpc) is 2.88. The SMILES string of the molecule is CC1CCCC1Nc1ccc2c(n1)CCC2. The van der Waals surface area contributed by atoms with Crippen LogP contribution in [0.25, 0.3) is 0 Å². The highest BCUT2D eigenvalue weighted by molar-refractivity contribution is 5.41. The number of aryl methyl sites for hydroxylation is 2. The van der Waals surface area contributed by atoms with Gasteiger partial charge in [0.05, 0.1) is 0 Å². The maximum atomic E-state index is 4.74. The van der Waals surface area contributed by atoms with Crippen LogP contribution in [0.2, 0.25) is 0 Å². The normalized spacial score (nSPS) is 28.1. The maximum absolute atomic E-state index is 4.74. The van der Waals surface area contributed by atoms with Crippen LogP contribution in [0.15, 0.2) is 12.1 Å². The van der Waals surface area contributed by atoms with Crippen LogP contribution in [0.4, 0.5) is 5.82 Å². The number of pyridine rings is 1. The van der Waals surface area contributed by atoms with Gasteiger partial charge in [-0.1, -0.05) is 19.4 Å². The van der Waals surface area contributed by atoms with Crippen LogP contribution in [-0.4, -0.2) is 11.0 Å². The Kier molecular flexibility index (Phi) is 2.58. The Hall–Kier alpha value is -1.05. The fraction of sp³-hybridized carbons (Fsp3) is 0.643. The van der Waals surface area contributed by atoms with Gasteiger partial charge in [0, 0.05) is 11.7 Å². The lowest BCUT2D eigenvalue weighted by atomic mass is 10.1. The second-order valence-corrected chi connectivity index (χ2v) is 5.31. The summed E-state index contributed by atoms with van der Waals surface area (Å²) in [7, 11) is 0. The highest BCUT2D eigenvalue weighted by atomic mass is 15.0. The lowest BCUT2D eigenvalue weighted by Gasteiger charge is -2.18. The van der Waals surface area contributed by atoms with E-state index in [1.807, 2.05) is 0 Å². The van der Waals surface area contributed by atoms with Crippen LogP contribution in [0, 0.1) is 5.92 Å². The zero-order valence-corrected chi connectivity index (χ0v) is 10.00. The first kappa shape index (κ1) is 10.1. The van der Waals surface area contributed by atoms with Gasteiger partial charge in [0.2, 0.25) is 0 Å². The summed E-state index contributed by atoms with van der Waals surface area (Å²) >= 11 is 0. The van der Waals surface area contributed by atoms with Crippen molar-refractivity contribution in [3.05, 3.63) is 23.4 Å². The summed E-state index contributed by atoms with van der Waals surface area (Å²) in [6, 6.07) is 5.07. The van der Waals surface area contributed by atoms with Crippen molar-refractivity contribution >= 4 is 5.82 Å². The largest absolute Gasteiger partial charge is 0.367 e. The molecule has 2 atom stereocenters. The summed E-state index contributed by atoms with van der Waals surface area (Å²) < 4.78 is 0. The van der Waals surface area contributed by atoms with E-state index < -0.39 is 0 Å². The van der Waals surface area contributed by atoms with Gasteiger partial charge in [-0.3, -0.25) is 0 Å². The standard InChI is InChI=1S/C14H20N2/c1-10-4-2-6-12(10)15-14-9-8-11-5-3-7-13(11)16-14/h8-10,12H,2-7H2,1H3,(H,15,16). The fourth-order valence-electron chi connectivity index (χ4n) is 3.05. The minimum absolute atomic E-state index is 0.645. The second kappa shape index (κ2) is 4.08. The van der Waals surface area contributed by atoms with Crippen molar-refractivity contribution in [2.45, 2.75) is 51.5 Å². The van der Waals surface area contributed by atoms with Gasteiger partial charge in [-0.05, 0) is 49.7 Å². The average molecular weight is 216 g/mol. The first-order valence-corrected chi connectivity index (χ1v) is 6.58. The van der Waals surface area contributed by atoms with Crippen molar-refractivity contribution in [2.75, 3.05) is 5.32 Å². The summed E-state index contributed by atoms with van der Waals surface area (Å²) in [6.07, 6.45) is 7.71. The lowest BCUT2D eigenvalue weighted by Crippen LogP contribution is -2.22. The third-order valence-corrected chi connectivity index (χ3v) is 4.12. The smallest absolute Gasteiger partial charge is 0.126 e. The molecule has 1 saturated carbocycles. The van der Waals surface area contributed by atoms with Gasteiger partial charge in [-0.15, -0.1) is 0 Å². The molecule has 0 spiro atoms. The Morgan fingerprint density at radius 2 is 2.12 bits per heavy atom. The number of rotatable bonds is 2. The summed E-state index contributed by atoms with van der Waals surface area (Å²) in [5.74, 6) is 1.90. The van der Waals surface area contributed by atoms with Crippen molar-refractivity contribution < 1.29 is 0 Å². The molecule has 3 rings (SSSR count). The van der Waals surface area contributed by atoms with Crippen LogP contribution in [-0.2, 0) is 12.8 Å². The Morgan fingerprint density at radius 3 is 2.94 bits per heavy atom. The zero-order valence-electron chi connectivity index (χ0n) is 10.00. The molecule has 16 heavy (non-hydrogen) atoms.